The molecule has 4 nitrogen and oxygen atoms in total. The molecule has 0 spiro atoms. The van der Waals surface area contributed by atoms with Gasteiger partial charge in [-0.25, -0.2) is 4.79 Å². The van der Waals surface area contributed by atoms with Crippen molar-refractivity contribution in [1.82, 2.24) is 4.57 Å². The number of phenols is 1. The van der Waals surface area contributed by atoms with Gasteiger partial charge in [-0.05, 0) is 26.3 Å². The fraction of sp³-hybridized carbons (Fsp3) is 0.350. The summed E-state index contributed by atoms with van der Waals surface area (Å²) in [6.07, 6.45) is 2.10. The summed E-state index contributed by atoms with van der Waals surface area (Å²) in [6.45, 7) is 7.08. The standard InChI is InChI=1S/C20H23NO3/c1-4-6-11-21-13(3)18(20(23)24-5-2)16-12-17(22)14-9-7-8-10-15(14)19(16)21/h7-10,12,22H,4-6,11H2,1-3H3. The van der Waals surface area contributed by atoms with Gasteiger partial charge in [0.05, 0.1) is 17.7 Å². The van der Waals surface area contributed by atoms with Crippen LogP contribution < -0.4 is 0 Å². The second-order valence-electron chi connectivity index (χ2n) is 6.02. The Morgan fingerprint density at radius 2 is 1.88 bits per heavy atom. The highest BCUT2D eigenvalue weighted by Crippen LogP contribution is 2.37. The van der Waals surface area contributed by atoms with Crippen LogP contribution in [0.4, 0.5) is 0 Å². The number of benzene rings is 2. The number of unbranched alkanes of at least 4 members (excludes halogenated alkanes) is 1. The van der Waals surface area contributed by atoms with Gasteiger partial charge < -0.3 is 14.4 Å². The number of aryl methyl sites for hydroxylation is 1. The molecular formula is C20H23NO3. The van der Waals surface area contributed by atoms with Crippen molar-refractivity contribution in [3.05, 3.63) is 41.6 Å². The molecule has 1 heterocycles. The van der Waals surface area contributed by atoms with E-state index < -0.39 is 0 Å². The fourth-order valence-corrected chi connectivity index (χ4v) is 3.38. The number of phenolic OH excluding ortho intramolecular Hbond substituents is 1. The van der Waals surface area contributed by atoms with E-state index in [9.17, 15) is 9.90 Å². The molecule has 0 unspecified atom stereocenters. The first kappa shape index (κ1) is 16.4. The van der Waals surface area contributed by atoms with Crippen molar-refractivity contribution >= 4 is 27.6 Å². The Morgan fingerprint density at radius 1 is 1.17 bits per heavy atom. The Labute approximate surface area is 141 Å². The van der Waals surface area contributed by atoms with Gasteiger partial charge in [-0.15, -0.1) is 0 Å². The summed E-state index contributed by atoms with van der Waals surface area (Å²) in [5, 5.41) is 12.9. The lowest BCUT2D eigenvalue weighted by Gasteiger charge is -2.10. The quantitative estimate of drug-likeness (QED) is 0.686. The Balaban J connectivity index is 2.40. The number of carbonyl (C=O) groups excluding carboxylic acids is 1. The predicted octanol–water partition coefficient (Wildman–Crippen LogP) is 4.79. The number of nitrogens with zero attached hydrogens (tertiary/aromatic N) is 1. The summed E-state index contributed by atoms with van der Waals surface area (Å²) >= 11 is 0. The molecular weight excluding hydrogens is 302 g/mol. The molecule has 2 aromatic carbocycles. The Bertz CT molecular complexity index is 908. The summed E-state index contributed by atoms with van der Waals surface area (Å²) < 4.78 is 7.44. The van der Waals surface area contributed by atoms with Gasteiger partial charge in [0.2, 0.25) is 0 Å². The summed E-state index contributed by atoms with van der Waals surface area (Å²) in [5.74, 6) is -0.138. The first-order valence-electron chi connectivity index (χ1n) is 8.50. The van der Waals surface area contributed by atoms with Gasteiger partial charge in [-0.1, -0.05) is 37.6 Å². The first-order valence-corrected chi connectivity index (χ1v) is 8.50. The zero-order valence-corrected chi connectivity index (χ0v) is 14.4. The van der Waals surface area contributed by atoms with Crippen LogP contribution in [0, 0.1) is 6.92 Å². The second-order valence-corrected chi connectivity index (χ2v) is 6.02. The van der Waals surface area contributed by atoms with E-state index in [-0.39, 0.29) is 11.7 Å². The van der Waals surface area contributed by atoms with Gasteiger partial charge in [0.1, 0.15) is 5.75 Å². The van der Waals surface area contributed by atoms with Crippen molar-refractivity contribution in [2.45, 2.75) is 40.2 Å². The normalized spacial score (nSPS) is 11.3. The van der Waals surface area contributed by atoms with Crippen LogP contribution in [0.2, 0.25) is 0 Å². The maximum atomic E-state index is 12.5. The number of aromatic hydroxyl groups is 1. The molecule has 0 aliphatic rings. The number of hydrogen-bond donors (Lipinski definition) is 1. The SMILES string of the molecule is CCCCn1c(C)c(C(=O)OCC)c2cc(O)c3ccccc3c21. The summed E-state index contributed by atoms with van der Waals surface area (Å²) in [6, 6.07) is 9.46. The van der Waals surface area contributed by atoms with Crippen molar-refractivity contribution in [1.29, 1.82) is 0 Å². The monoisotopic (exact) mass is 325 g/mol. The highest BCUT2D eigenvalue weighted by molar-refractivity contribution is 6.16. The van der Waals surface area contributed by atoms with E-state index in [0.29, 0.717) is 12.2 Å². The number of aromatic nitrogens is 1. The minimum absolute atomic E-state index is 0.191. The molecule has 3 aromatic rings. The molecule has 0 radical (unpaired) electrons. The Morgan fingerprint density at radius 3 is 2.54 bits per heavy atom. The minimum Gasteiger partial charge on any atom is -0.507 e. The van der Waals surface area contributed by atoms with Crippen molar-refractivity contribution in [3.63, 3.8) is 0 Å². The molecule has 0 saturated heterocycles. The van der Waals surface area contributed by atoms with Crippen LogP contribution in [0.5, 0.6) is 5.75 Å². The van der Waals surface area contributed by atoms with Crippen molar-refractivity contribution in [2.24, 2.45) is 0 Å². The van der Waals surface area contributed by atoms with E-state index in [1.807, 2.05) is 31.2 Å². The van der Waals surface area contributed by atoms with E-state index in [1.54, 1.807) is 13.0 Å². The lowest BCUT2D eigenvalue weighted by atomic mass is 10.0. The lowest BCUT2D eigenvalue weighted by Crippen LogP contribution is -2.07. The largest absolute Gasteiger partial charge is 0.507 e. The molecule has 1 N–H and O–H groups in total. The van der Waals surface area contributed by atoms with Gasteiger partial charge in [-0.2, -0.15) is 0 Å². The van der Waals surface area contributed by atoms with Crippen LogP contribution in [0.3, 0.4) is 0 Å². The average molecular weight is 325 g/mol. The number of carbonyl (C=O) groups is 1. The average Bonchev–Trinajstić information content (AvgIpc) is 2.85. The van der Waals surface area contributed by atoms with Crippen molar-refractivity contribution in [2.75, 3.05) is 6.61 Å². The third-order valence-corrected chi connectivity index (χ3v) is 4.52. The van der Waals surface area contributed by atoms with E-state index in [1.165, 1.54) is 0 Å². The van der Waals surface area contributed by atoms with Crippen molar-refractivity contribution in [3.8, 4) is 5.75 Å². The van der Waals surface area contributed by atoms with E-state index >= 15 is 0 Å². The van der Waals surface area contributed by atoms with Gasteiger partial charge in [0.25, 0.3) is 0 Å². The number of rotatable bonds is 5. The van der Waals surface area contributed by atoms with Gasteiger partial charge in [0, 0.05) is 28.4 Å². The predicted molar refractivity (Wildman–Crippen MR) is 96.7 cm³/mol. The first-order chi connectivity index (χ1) is 11.6. The van der Waals surface area contributed by atoms with Crippen molar-refractivity contribution < 1.29 is 14.6 Å². The molecule has 0 saturated carbocycles. The molecule has 0 bridgehead atoms. The number of fused-ring (bicyclic) bond motifs is 3. The van der Waals surface area contributed by atoms with Gasteiger partial charge in [0.15, 0.2) is 0 Å². The maximum Gasteiger partial charge on any atom is 0.340 e. The van der Waals surface area contributed by atoms with E-state index in [2.05, 4.69) is 11.5 Å². The number of ether oxygens (including phenoxy) is 1. The third kappa shape index (κ3) is 2.52. The maximum absolute atomic E-state index is 12.5. The van der Waals surface area contributed by atoms with Crippen LogP contribution in [0.15, 0.2) is 30.3 Å². The molecule has 24 heavy (non-hydrogen) atoms. The molecule has 4 heteroatoms. The number of hydrogen-bond acceptors (Lipinski definition) is 3. The molecule has 3 rings (SSSR count). The zero-order valence-electron chi connectivity index (χ0n) is 14.4. The summed E-state index contributed by atoms with van der Waals surface area (Å²) in [5.41, 5.74) is 2.45. The Hall–Kier alpha value is -2.49. The van der Waals surface area contributed by atoms with Crippen LogP contribution in [-0.2, 0) is 11.3 Å². The molecule has 126 valence electrons. The molecule has 0 amide bonds. The molecule has 0 atom stereocenters. The number of esters is 1. The summed E-state index contributed by atoms with van der Waals surface area (Å²) in [7, 11) is 0. The van der Waals surface area contributed by atoms with Gasteiger partial charge >= 0.3 is 5.97 Å². The van der Waals surface area contributed by atoms with E-state index in [4.69, 9.17) is 4.74 Å². The third-order valence-electron chi connectivity index (χ3n) is 4.52. The zero-order chi connectivity index (χ0) is 17.3. The molecule has 0 fully saturated rings. The smallest absolute Gasteiger partial charge is 0.340 e. The molecule has 1 aromatic heterocycles. The van der Waals surface area contributed by atoms with E-state index in [0.717, 1.165) is 46.8 Å². The Kier molecular flexibility index (Phi) is 4.47. The van der Waals surface area contributed by atoms with Crippen LogP contribution in [0.1, 0.15) is 42.7 Å². The highest BCUT2D eigenvalue weighted by Gasteiger charge is 2.23. The molecule has 0 aliphatic carbocycles. The van der Waals surface area contributed by atoms with Gasteiger partial charge in [-0.3, -0.25) is 0 Å². The topological polar surface area (TPSA) is 51.5 Å². The lowest BCUT2D eigenvalue weighted by molar-refractivity contribution is 0.0527. The highest BCUT2D eigenvalue weighted by atomic mass is 16.5. The van der Waals surface area contributed by atoms with Crippen LogP contribution in [0.25, 0.3) is 21.7 Å². The van der Waals surface area contributed by atoms with Crippen LogP contribution >= 0.6 is 0 Å². The second kappa shape index (κ2) is 6.56. The fourth-order valence-electron chi connectivity index (χ4n) is 3.38. The van der Waals surface area contributed by atoms with Crippen LogP contribution in [-0.4, -0.2) is 22.2 Å². The summed E-state index contributed by atoms with van der Waals surface area (Å²) in [4.78, 5) is 12.5. The molecule has 0 aliphatic heterocycles. The minimum atomic E-state index is -0.329.